The van der Waals surface area contributed by atoms with Crippen molar-refractivity contribution in [2.75, 3.05) is 13.2 Å². The lowest BCUT2D eigenvalue weighted by Gasteiger charge is -2.09. The van der Waals surface area contributed by atoms with E-state index in [4.69, 9.17) is 22.4 Å². The maximum atomic E-state index is 8.69. The lowest BCUT2D eigenvalue weighted by Crippen LogP contribution is -2.36. The molecule has 78 valence electrons. The minimum absolute atomic E-state index is 0.00756. The van der Waals surface area contributed by atoms with Crippen molar-refractivity contribution in [2.45, 2.75) is 12.6 Å². The molecule has 0 aliphatic heterocycles. The molecule has 1 unspecified atom stereocenters. The van der Waals surface area contributed by atoms with E-state index in [1.807, 2.05) is 24.3 Å². The Morgan fingerprint density at radius 2 is 2.00 bits per heavy atom. The zero-order valence-corrected chi connectivity index (χ0v) is 8.67. The van der Waals surface area contributed by atoms with Gasteiger partial charge in [-0.1, -0.05) is 23.7 Å². The second kappa shape index (κ2) is 5.98. The number of rotatable bonds is 5. The van der Waals surface area contributed by atoms with E-state index < -0.39 is 0 Å². The van der Waals surface area contributed by atoms with Gasteiger partial charge in [0.15, 0.2) is 0 Å². The number of nitrogens with one attached hydrogen (secondary N) is 1. The van der Waals surface area contributed by atoms with E-state index in [0.29, 0.717) is 6.54 Å². The zero-order chi connectivity index (χ0) is 10.4. The molecule has 1 atom stereocenters. The van der Waals surface area contributed by atoms with E-state index in [9.17, 15) is 0 Å². The molecule has 0 radical (unpaired) electrons. The molecule has 0 saturated heterocycles. The van der Waals surface area contributed by atoms with Crippen LogP contribution in [0.4, 0.5) is 0 Å². The number of hydrogen-bond donors (Lipinski definition) is 3. The van der Waals surface area contributed by atoms with E-state index in [1.54, 1.807) is 0 Å². The molecule has 4 N–H and O–H groups in total. The molecule has 1 aromatic rings. The molecule has 0 heterocycles. The normalized spacial score (nSPS) is 12.8. The Morgan fingerprint density at radius 1 is 1.36 bits per heavy atom. The predicted octanol–water partition coefficient (Wildman–Crippen LogP) is 0.749. The fraction of sp³-hybridized carbons (Fsp3) is 0.400. The van der Waals surface area contributed by atoms with Crippen molar-refractivity contribution in [3.05, 3.63) is 34.9 Å². The Bertz CT molecular complexity index is 263. The molecule has 0 saturated carbocycles. The Labute approximate surface area is 88.9 Å². The van der Waals surface area contributed by atoms with Crippen LogP contribution in [0.5, 0.6) is 0 Å². The van der Waals surface area contributed by atoms with E-state index >= 15 is 0 Å². The van der Waals surface area contributed by atoms with Crippen LogP contribution >= 0.6 is 11.6 Å². The number of benzene rings is 1. The molecule has 0 bridgehead atoms. The fourth-order valence-corrected chi connectivity index (χ4v) is 1.19. The highest BCUT2D eigenvalue weighted by Crippen LogP contribution is 2.08. The van der Waals surface area contributed by atoms with Gasteiger partial charge in [0.1, 0.15) is 0 Å². The van der Waals surface area contributed by atoms with Crippen molar-refractivity contribution in [1.29, 1.82) is 0 Å². The van der Waals surface area contributed by atoms with E-state index in [2.05, 4.69) is 5.32 Å². The van der Waals surface area contributed by atoms with Gasteiger partial charge in [0.05, 0.1) is 6.61 Å². The first-order valence-corrected chi connectivity index (χ1v) is 4.92. The van der Waals surface area contributed by atoms with Crippen LogP contribution in [0.25, 0.3) is 0 Å². The average molecular weight is 215 g/mol. The highest BCUT2D eigenvalue weighted by molar-refractivity contribution is 6.30. The van der Waals surface area contributed by atoms with Crippen LogP contribution in [-0.4, -0.2) is 24.3 Å². The Kier molecular flexibility index (Phi) is 4.90. The number of halogens is 1. The molecule has 0 fully saturated rings. The highest BCUT2D eigenvalue weighted by Gasteiger charge is 1.98. The quantitative estimate of drug-likeness (QED) is 0.678. The maximum Gasteiger partial charge on any atom is 0.0594 e. The van der Waals surface area contributed by atoms with Crippen molar-refractivity contribution < 1.29 is 5.11 Å². The maximum absolute atomic E-state index is 8.69. The summed E-state index contributed by atoms with van der Waals surface area (Å²) in [5, 5.41) is 12.6. The minimum Gasteiger partial charge on any atom is -0.395 e. The summed E-state index contributed by atoms with van der Waals surface area (Å²) < 4.78 is 0. The third kappa shape index (κ3) is 4.07. The summed E-state index contributed by atoms with van der Waals surface area (Å²) in [6, 6.07) is 7.43. The van der Waals surface area contributed by atoms with Gasteiger partial charge >= 0.3 is 0 Å². The Morgan fingerprint density at radius 3 is 2.57 bits per heavy atom. The lowest BCUT2D eigenvalue weighted by atomic mass is 10.2. The molecular formula is C10H15ClN2O. The topological polar surface area (TPSA) is 58.3 Å². The van der Waals surface area contributed by atoms with Gasteiger partial charge in [0, 0.05) is 24.2 Å². The van der Waals surface area contributed by atoms with Crippen LogP contribution in [0.2, 0.25) is 5.02 Å². The van der Waals surface area contributed by atoms with Gasteiger partial charge in [-0.25, -0.2) is 0 Å². The van der Waals surface area contributed by atoms with Gasteiger partial charge in [-0.15, -0.1) is 0 Å². The molecule has 4 heteroatoms. The molecule has 14 heavy (non-hydrogen) atoms. The molecule has 0 aliphatic rings. The summed E-state index contributed by atoms with van der Waals surface area (Å²) in [5.74, 6) is 0. The first-order chi connectivity index (χ1) is 6.72. The van der Waals surface area contributed by atoms with Crippen LogP contribution in [0.3, 0.4) is 0 Å². The third-order valence-corrected chi connectivity index (χ3v) is 2.14. The summed E-state index contributed by atoms with van der Waals surface area (Å²) in [7, 11) is 0. The van der Waals surface area contributed by atoms with Crippen molar-refractivity contribution in [3.8, 4) is 0 Å². The SMILES string of the molecule is NC(CO)CNCc1ccc(Cl)cc1. The molecule has 1 rings (SSSR count). The third-order valence-electron chi connectivity index (χ3n) is 1.88. The molecule has 1 aromatic carbocycles. The van der Waals surface area contributed by atoms with E-state index in [1.165, 1.54) is 0 Å². The summed E-state index contributed by atoms with van der Waals surface area (Å²) in [5.41, 5.74) is 6.68. The summed E-state index contributed by atoms with van der Waals surface area (Å²) in [6.07, 6.45) is 0. The Balaban J connectivity index is 2.28. The first-order valence-electron chi connectivity index (χ1n) is 4.54. The monoisotopic (exact) mass is 214 g/mol. The van der Waals surface area contributed by atoms with Crippen LogP contribution in [0.1, 0.15) is 5.56 Å². The van der Waals surface area contributed by atoms with Crippen molar-refractivity contribution in [3.63, 3.8) is 0 Å². The number of aliphatic hydroxyl groups excluding tert-OH is 1. The molecule has 0 aromatic heterocycles. The van der Waals surface area contributed by atoms with Crippen molar-refractivity contribution in [2.24, 2.45) is 5.73 Å². The van der Waals surface area contributed by atoms with Crippen LogP contribution in [-0.2, 0) is 6.54 Å². The number of nitrogens with two attached hydrogens (primary N) is 1. The first kappa shape index (κ1) is 11.5. The average Bonchev–Trinajstić information content (AvgIpc) is 2.21. The summed E-state index contributed by atoms with van der Waals surface area (Å²) in [4.78, 5) is 0. The van der Waals surface area contributed by atoms with Crippen LogP contribution in [0, 0.1) is 0 Å². The highest BCUT2D eigenvalue weighted by atomic mass is 35.5. The Hall–Kier alpha value is -0.610. The van der Waals surface area contributed by atoms with Gasteiger partial charge in [0.25, 0.3) is 0 Å². The van der Waals surface area contributed by atoms with Gasteiger partial charge in [-0.2, -0.15) is 0 Å². The van der Waals surface area contributed by atoms with Gasteiger partial charge < -0.3 is 16.2 Å². The molecule has 0 aliphatic carbocycles. The second-order valence-electron chi connectivity index (χ2n) is 3.20. The fourth-order valence-electron chi connectivity index (χ4n) is 1.07. The standard InChI is InChI=1S/C10H15ClN2O/c11-9-3-1-8(2-4-9)5-13-6-10(12)7-14/h1-4,10,13-14H,5-7,12H2. The van der Waals surface area contributed by atoms with Gasteiger partial charge in [-0.3, -0.25) is 0 Å². The van der Waals surface area contributed by atoms with Crippen LogP contribution < -0.4 is 11.1 Å². The van der Waals surface area contributed by atoms with Crippen molar-refractivity contribution in [1.82, 2.24) is 5.32 Å². The number of hydrogen-bond acceptors (Lipinski definition) is 3. The zero-order valence-electron chi connectivity index (χ0n) is 7.91. The summed E-state index contributed by atoms with van der Waals surface area (Å²) >= 11 is 5.75. The predicted molar refractivity (Wildman–Crippen MR) is 58.2 cm³/mol. The van der Waals surface area contributed by atoms with Crippen LogP contribution in [0.15, 0.2) is 24.3 Å². The minimum atomic E-state index is -0.192. The van der Waals surface area contributed by atoms with E-state index in [-0.39, 0.29) is 12.6 Å². The summed E-state index contributed by atoms with van der Waals surface area (Å²) in [6.45, 7) is 1.36. The molecular weight excluding hydrogens is 200 g/mol. The van der Waals surface area contributed by atoms with Gasteiger partial charge in [0.2, 0.25) is 0 Å². The second-order valence-corrected chi connectivity index (χ2v) is 3.64. The largest absolute Gasteiger partial charge is 0.395 e. The van der Waals surface area contributed by atoms with Crippen molar-refractivity contribution >= 4 is 11.6 Å². The molecule has 3 nitrogen and oxygen atoms in total. The molecule has 0 amide bonds. The van der Waals surface area contributed by atoms with Gasteiger partial charge in [-0.05, 0) is 17.7 Å². The lowest BCUT2D eigenvalue weighted by molar-refractivity contribution is 0.262. The van der Waals surface area contributed by atoms with E-state index in [0.717, 1.165) is 17.1 Å². The smallest absolute Gasteiger partial charge is 0.0594 e. The molecule has 0 spiro atoms. The number of aliphatic hydroxyl groups is 1.